The molecule has 0 saturated carbocycles. The van der Waals surface area contributed by atoms with E-state index in [1.165, 1.54) is 71.7 Å². The average molecular weight is 514 g/mol. The van der Waals surface area contributed by atoms with Crippen LogP contribution in [0.5, 0.6) is 0 Å². The fourth-order valence-electron chi connectivity index (χ4n) is 7.19. The Morgan fingerprint density at radius 2 is 1.12 bits per heavy atom. The highest BCUT2D eigenvalue weighted by Gasteiger charge is 2.37. The van der Waals surface area contributed by atoms with Crippen molar-refractivity contribution in [3.63, 3.8) is 0 Å². The first kappa shape index (κ1) is 23.3. The van der Waals surface area contributed by atoms with Crippen LogP contribution >= 0.6 is 0 Å². The van der Waals surface area contributed by atoms with E-state index in [1.807, 2.05) is 0 Å². The lowest BCUT2D eigenvalue weighted by atomic mass is 9.80. The van der Waals surface area contributed by atoms with Crippen LogP contribution in [0.2, 0.25) is 0 Å². The van der Waals surface area contributed by atoms with Gasteiger partial charge < -0.3 is 4.90 Å². The molecule has 0 unspecified atom stereocenters. The first-order chi connectivity index (χ1) is 19.6. The van der Waals surface area contributed by atoms with Gasteiger partial charge in [-0.2, -0.15) is 0 Å². The molecule has 2 aliphatic rings. The van der Waals surface area contributed by atoms with Crippen LogP contribution < -0.4 is 4.90 Å². The molecule has 0 aromatic heterocycles. The summed E-state index contributed by atoms with van der Waals surface area (Å²) in [5.74, 6) is 0. The van der Waals surface area contributed by atoms with Crippen molar-refractivity contribution in [2.75, 3.05) is 4.90 Å². The van der Waals surface area contributed by atoms with Crippen LogP contribution in [0.15, 0.2) is 133 Å². The Bertz CT molecular complexity index is 1990. The van der Waals surface area contributed by atoms with Gasteiger partial charge in [0.05, 0.1) is 0 Å². The van der Waals surface area contributed by atoms with Gasteiger partial charge in [-0.15, -0.1) is 0 Å². The standard InChI is InChI=1S/C39H31N/c1-39(2)37-19-11-10-18-34(37)35-23-21-28(25-38(35)39)40(26-12-4-3-5-13-26)27-20-22-33-31-16-7-6-14-29(31)30-15-8-9-17-32(30)36(33)24-27/h3-9,11-17,19-25H,10,18H2,1-2H3. The SMILES string of the molecule is CC1(C)C2=C(CCC=C2)c2ccc(N(c3ccccc3)c3ccc4c5ccccc5c5ccccc5c4c3)cc21. The van der Waals surface area contributed by atoms with Crippen molar-refractivity contribution in [2.24, 2.45) is 0 Å². The summed E-state index contributed by atoms with van der Waals surface area (Å²) < 4.78 is 0. The zero-order chi connectivity index (χ0) is 26.8. The minimum absolute atomic E-state index is 0.00153. The molecule has 40 heavy (non-hydrogen) atoms. The van der Waals surface area contributed by atoms with E-state index < -0.39 is 0 Å². The van der Waals surface area contributed by atoms with Crippen LogP contribution in [0.1, 0.15) is 37.8 Å². The van der Waals surface area contributed by atoms with Crippen LogP contribution in [0, 0.1) is 0 Å². The summed E-state index contributed by atoms with van der Waals surface area (Å²) in [6.07, 6.45) is 6.97. The molecule has 0 bridgehead atoms. The predicted molar refractivity (Wildman–Crippen MR) is 172 cm³/mol. The molecule has 1 nitrogen and oxygen atoms in total. The van der Waals surface area contributed by atoms with Crippen molar-refractivity contribution in [1.29, 1.82) is 0 Å². The number of rotatable bonds is 3. The fraction of sp³-hybridized carbons (Fsp3) is 0.128. The smallest absolute Gasteiger partial charge is 0.0468 e. The lowest BCUT2D eigenvalue weighted by Gasteiger charge is -2.29. The highest BCUT2D eigenvalue weighted by Crippen LogP contribution is 2.51. The highest BCUT2D eigenvalue weighted by atomic mass is 15.1. The lowest BCUT2D eigenvalue weighted by Crippen LogP contribution is -2.18. The first-order valence-electron chi connectivity index (χ1n) is 14.3. The maximum Gasteiger partial charge on any atom is 0.0468 e. The van der Waals surface area contributed by atoms with Gasteiger partial charge >= 0.3 is 0 Å². The number of para-hydroxylation sites is 1. The molecule has 0 fully saturated rings. The Labute approximate surface area is 235 Å². The fourth-order valence-corrected chi connectivity index (χ4v) is 7.19. The van der Waals surface area contributed by atoms with Gasteiger partial charge in [-0.05, 0) is 104 Å². The average Bonchev–Trinajstić information content (AvgIpc) is 3.24. The molecular weight excluding hydrogens is 482 g/mol. The molecule has 2 aliphatic carbocycles. The zero-order valence-corrected chi connectivity index (χ0v) is 23.0. The summed E-state index contributed by atoms with van der Waals surface area (Å²) in [4.78, 5) is 2.42. The minimum Gasteiger partial charge on any atom is -0.310 e. The van der Waals surface area contributed by atoms with Gasteiger partial charge in [0.25, 0.3) is 0 Å². The molecule has 0 radical (unpaired) electrons. The molecule has 6 aromatic carbocycles. The van der Waals surface area contributed by atoms with E-state index >= 15 is 0 Å². The summed E-state index contributed by atoms with van der Waals surface area (Å²) in [5.41, 5.74) is 9.42. The van der Waals surface area contributed by atoms with Crippen molar-refractivity contribution >= 4 is 55.0 Å². The molecule has 6 aromatic rings. The van der Waals surface area contributed by atoms with Crippen LogP contribution in [0.25, 0.3) is 37.9 Å². The third-order valence-electron chi connectivity index (χ3n) is 9.10. The quantitative estimate of drug-likeness (QED) is 0.213. The zero-order valence-electron chi connectivity index (χ0n) is 23.0. The van der Waals surface area contributed by atoms with Crippen molar-refractivity contribution < 1.29 is 0 Å². The molecule has 0 aliphatic heterocycles. The molecule has 0 amide bonds. The van der Waals surface area contributed by atoms with Gasteiger partial charge in [0, 0.05) is 22.5 Å². The Morgan fingerprint density at radius 3 is 1.82 bits per heavy atom. The predicted octanol–water partition coefficient (Wildman–Crippen LogP) is 11.0. The van der Waals surface area contributed by atoms with E-state index in [2.05, 4.69) is 146 Å². The monoisotopic (exact) mass is 513 g/mol. The minimum atomic E-state index is -0.00153. The third-order valence-corrected chi connectivity index (χ3v) is 9.10. The molecule has 0 saturated heterocycles. The van der Waals surface area contributed by atoms with E-state index in [-0.39, 0.29) is 5.41 Å². The van der Waals surface area contributed by atoms with E-state index in [9.17, 15) is 0 Å². The molecule has 0 atom stereocenters. The molecule has 1 heteroatoms. The van der Waals surface area contributed by atoms with E-state index in [0.717, 1.165) is 12.8 Å². The van der Waals surface area contributed by atoms with Gasteiger partial charge in [0.15, 0.2) is 0 Å². The molecular formula is C39H31N. The number of anilines is 3. The first-order valence-corrected chi connectivity index (χ1v) is 14.3. The molecule has 8 rings (SSSR count). The number of hydrogen-bond acceptors (Lipinski definition) is 1. The van der Waals surface area contributed by atoms with Crippen molar-refractivity contribution in [3.8, 4) is 0 Å². The summed E-state index contributed by atoms with van der Waals surface area (Å²) in [7, 11) is 0. The largest absolute Gasteiger partial charge is 0.310 e. The number of hydrogen-bond donors (Lipinski definition) is 0. The van der Waals surface area contributed by atoms with Crippen LogP contribution in [0.3, 0.4) is 0 Å². The summed E-state index contributed by atoms with van der Waals surface area (Å²) in [6, 6.07) is 42.5. The topological polar surface area (TPSA) is 3.24 Å². The normalized spacial score (nSPS) is 15.6. The molecule has 0 spiro atoms. The highest BCUT2D eigenvalue weighted by molar-refractivity contribution is 6.25. The maximum absolute atomic E-state index is 2.44. The maximum atomic E-state index is 2.44. The number of nitrogens with zero attached hydrogens (tertiary/aromatic N) is 1. The summed E-state index contributed by atoms with van der Waals surface area (Å²) in [6.45, 7) is 4.77. The van der Waals surface area contributed by atoms with Gasteiger partial charge in [0.1, 0.15) is 0 Å². The van der Waals surface area contributed by atoms with Gasteiger partial charge in [0.2, 0.25) is 0 Å². The van der Waals surface area contributed by atoms with Gasteiger partial charge in [-0.1, -0.05) is 105 Å². The number of allylic oxidation sites excluding steroid dienone is 4. The van der Waals surface area contributed by atoms with E-state index in [4.69, 9.17) is 0 Å². The van der Waals surface area contributed by atoms with Crippen LogP contribution in [-0.2, 0) is 5.41 Å². The Hall–Kier alpha value is -4.62. The second-order valence-corrected chi connectivity index (χ2v) is 11.7. The van der Waals surface area contributed by atoms with Crippen molar-refractivity contribution in [2.45, 2.75) is 32.1 Å². The third kappa shape index (κ3) is 3.34. The van der Waals surface area contributed by atoms with Gasteiger partial charge in [-0.25, -0.2) is 0 Å². The Kier molecular flexibility index (Phi) is 5.06. The number of fused-ring (bicyclic) bond motifs is 8. The van der Waals surface area contributed by atoms with E-state index in [1.54, 1.807) is 0 Å². The van der Waals surface area contributed by atoms with Gasteiger partial charge in [-0.3, -0.25) is 0 Å². The Balaban J connectivity index is 1.37. The van der Waals surface area contributed by atoms with Crippen molar-refractivity contribution in [1.82, 2.24) is 0 Å². The lowest BCUT2D eigenvalue weighted by molar-refractivity contribution is 0.651. The molecule has 0 N–H and O–H groups in total. The van der Waals surface area contributed by atoms with Crippen LogP contribution in [0.4, 0.5) is 17.1 Å². The van der Waals surface area contributed by atoms with Crippen LogP contribution in [-0.4, -0.2) is 0 Å². The number of benzene rings is 6. The van der Waals surface area contributed by atoms with E-state index in [0.29, 0.717) is 0 Å². The summed E-state index contributed by atoms with van der Waals surface area (Å²) >= 11 is 0. The molecule has 192 valence electrons. The molecule has 0 heterocycles. The van der Waals surface area contributed by atoms with Crippen molar-refractivity contribution in [3.05, 3.63) is 144 Å². The second kappa shape index (κ2) is 8.69. The summed E-state index contributed by atoms with van der Waals surface area (Å²) in [5, 5.41) is 7.80. The Morgan fingerprint density at radius 1 is 0.550 bits per heavy atom. The second-order valence-electron chi connectivity index (χ2n) is 11.7.